The quantitative estimate of drug-likeness (QED) is 0.432. The molecule has 2 rings (SSSR count). The van der Waals surface area contributed by atoms with Crippen LogP contribution in [-0.4, -0.2) is 22.8 Å². The molecule has 1 aromatic carbocycles. The summed E-state index contributed by atoms with van der Waals surface area (Å²) in [6, 6.07) is 6.93. The van der Waals surface area contributed by atoms with Crippen LogP contribution in [0.15, 0.2) is 38.8 Å². The smallest absolute Gasteiger partial charge is 0.281 e. The summed E-state index contributed by atoms with van der Waals surface area (Å²) in [7, 11) is 0. The normalized spacial score (nSPS) is 11.0. The van der Waals surface area contributed by atoms with Gasteiger partial charge in [0.15, 0.2) is 0 Å². The highest BCUT2D eigenvalue weighted by Gasteiger charge is 2.11. The molecule has 1 aromatic heterocycles. The Bertz CT molecular complexity index is 761. The number of hydrogen-bond acceptors (Lipinski definition) is 7. The van der Waals surface area contributed by atoms with E-state index in [1.807, 2.05) is 6.92 Å². The van der Waals surface area contributed by atoms with Gasteiger partial charge in [0.05, 0.1) is 5.97 Å². The van der Waals surface area contributed by atoms with E-state index in [-0.39, 0.29) is 16.7 Å². The SMILES string of the molecule is C#CCOc1ccccc1/C=C(\Sc1nnc(CC)o1)C(=O)[O-]. The first kappa shape index (κ1) is 16.6. The lowest BCUT2D eigenvalue weighted by Crippen LogP contribution is -2.23. The number of thioether (sulfide) groups is 1. The van der Waals surface area contributed by atoms with Gasteiger partial charge in [-0.05, 0) is 23.9 Å². The van der Waals surface area contributed by atoms with Crippen molar-refractivity contribution in [3.05, 3.63) is 40.6 Å². The number of rotatable bonds is 7. The first-order valence-electron chi connectivity index (χ1n) is 6.72. The summed E-state index contributed by atoms with van der Waals surface area (Å²) in [6.45, 7) is 1.94. The Labute approximate surface area is 137 Å². The third-order valence-electron chi connectivity index (χ3n) is 2.67. The van der Waals surface area contributed by atoms with E-state index in [0.717, 1.165) is 11.8 Å². The van der Waals surface area contributed by atoms with Crippen LogP contribution >= 0.6 is 11.8 Å². The Balaban J connectivity index is 2.28. The van der Waals surface area contributed by atoms with Crippen LogP contribution < -0.4 is 9.84 Å². The predicted molar refractivity (Wildman–Crippen MR) is 83.3 cm³/mol. The molecule has 0 aliphatic heterocycles. The van der Waals surface area contributed by atoms with Gasteiger partial charge in [0.25, 0.3) is 5.22 Å². The van der Waals surface area contributed by atoms with E-state index < -0.39 is 5.97 Å². The number of ether oxygens (including phenoxy) is 1. The molecular weight excluding hydrogens is 316 g/mol. The molecule has 0 bridgehead atoms. The maximum Gasteiger partial charge on any atom is 0.281 e. The van der Waals surface area contributed by atoms with E-state index in [2.05, 4.69) is 16.1 Å². The maximum atomic E-state index is 11.3. The number of aliphatic carboxylic acids is 1. The zero-order valence-corrected chi connectivity index (χ0v) is 13.1. The van der Waals surface area contributed by atoms with Gasteiger partial charge in [-0.15, -0.1) is 16.6 Å². The van der Waals surface area contributed by atoms with E-state index >= 15 is 0 Å². The van der Waals surface area contributed by atoms with E-state index in [4.69, 9.17) is 15.6 Å². The van der Waals surface area contributed by atoms with Gasteiger partial charge in [-0.1, -0.05) is 31.0 Å². The molecule has 118 valence electrons. The van der Waals surface area contributed by atoms with E-state index in [1.54, 1.807) is 24.3 Å². The van der Waals surface area contributed by atoms with Crippen LogP contribution in [0.2, 0.25) is 0 Å². The van der Waals surface area contributed by atoms with Crippen molar-refractivity contribution in [3.8, 4) is 18.1 Å². The molecule has 7 heteroatoms. The summed E-state index contributed by atoms with van der Waals surface area (Å²) in [4.78, 5) is 11.3. The van der Waals surface area contributed by atoms with Gasteiger partial charge in [0, 0.05) is 16.9 Å². The topological polar surface area (TPSA) is 88.3 Å². The van der Waals surface area contributed by atoms with Crippen molar-refractivity contribution in [2.24, 2.45) is 0 Å². The van der Waals surface area contributed by atoms with Crippen molar-refractivity contribution < 1.29 is 19.1 Å². The molecule has 0 atom stereocenters. The van der Waals surface area contributed by atoms with Gasteiger partial charge < -0.3 is 19.1 Å². The molecule has 0 fully saturated rings. The molecule has 0 radical (unpaired) electrons. The number of benzene rings is 1. The van der Waals surface area contributed by atoms with Gasteiger partial charge in [0.1, 0.15) is 12.4 Å². The molecule has 0 aliphatic carbocycles. The molecule has 6 nitrogen and oxygen atoms in total. The van der Waals surface area contributed by atoms with Crippen LogP contribution in [0.5, 0.6) is 5.75 Å². The second kappa shape index (κ2) is 8.06. The maximum absolute atomic E-state index is 11.3. The minimum atomic E-state index is -1.35. The molecule has 1 heterocycles. The van der Waals surface area contributed by atoms with Crippen LogP contribution in [0, 0.1) is 12.3 Å². The zero-order valence-electron chi connectivity index (χ0n) is 12.3. The molecule has 0 saturated carbocycles. The zero-order chi connectivity index (χ0) is 16.7. The highest BCUT2D eigenvalue weighted by molar-refractivity contribution is 8.03. The molecule has 23 heavy (non-hydrogen) atoms. The minimum absolute atomic E-state index is 0.0759. The monoisotopic (exact) mass is 329 g/mol. The summed E-state index contributed by atoms with van der Waals surface area (Å²) in [5, 5.41) is 19.1. The van der Waals surface area contributed by atoms with Crippen molar-refractivity contribution in [1.29, 1.82) is 0 Å². The second-order valence-corrected chi connectivity index (χ2v) is 5.24. The van der Waals surface area contributed by atoms with Gasteiger partial charge in [-0.2, -0.15) is 0 Å². The molecule has 0 aliphatic rings. The molecule has 0 N–H and O–H groups in total. The number of carbonyl (C=O) groups is 1. The van der Waals surface area contributed by atoms with Crippen molar-refractivity contribution in [3.63, 3.8) is 0 Å². The fourth-order valence-electron chi connectivity index (χ4n) is 1.64. The third kappa shape index (κ3) is 4.63. The summed E-state index contributed by atoms with van der Waals surface area (Å²) < 4.78 is 10.7. The largest absolute Gasteiger partial charge is 0.544 e. The molecule has 0 amide bonds. The van der Waals surface area contributed by atoms with Crippen molar-refractivity contribution in [2.75, 3.05) is 6.61 Å². The first-order valence-corrected chi connectivity index (χ1v) is 7.54. The summed E-state index contributed by atoms with van der Waals surface area (Å²) >= 11 is 0.823. The fraction of sp³-hybridized carbons (Fsp3) is 0.188. The Morgan fingerprint density at radius 3 is 2.91 bits per heavy atom. The van der Waals surface area contributed by atoms with E-state index in [9.17, 15) is 9.90 Å². The lowest BCUT2D eigenvalue weighted by molar-refractivity contribution is -0.298. The lowest BCUT2D eigenvalue weighted by atomic mass is 10.2. The molecule has 2 aromatic rings. The van der Waals surface area contributed by atoms with Gasteiger partial charge in [-0.25, -0.2) is 0 Å². The van der Waals surface area contributed by atoms with Crippen molar-refractivity contribution >= 4 is 23.8 Å². The number of carbonyl (C=O) groups excluding carboxylic acids is 1. The number of aromatic nitrogens is 2. The van der Waals surface area contributed by atoms with E-state index in [1.165, 1.54) is 6.08 Å². The summed E-state index contributed by atoms with van der Waals surface area (Å²) in [6.07, 6.45) is 7.16. The lowest BCUT2D eigenvalue weighted by Gasteiger charge is -2.09. The average Bonchev–Trinajstić information content (AvgIpc) is 3.01. The van der Waals surface area contributed by atoms with Crippen LogP contribution in [0.25, 0.3) is 6.08 Å². The summed E-state index contributed by atoms with van der Waals surface area (Å²) in [5.74, 6) is 1.92. The Kier molecular flexibility index (Phi) is 5.83. The van der Waals surface area contributed by atoms with Crippen LogP contribution in [0.4, 0.5) is 0 Å². The highest BCUT2D eigenvalue weighted by atomic mass is 32.2. The number of carboxylic acid groups (broad SMARTS) is 1. The third-order valence-corrected chi connectivity index (χ3v) is 3.51. The van der Waals surface area contributed by atoms with Crippen LogP contribution in [0.3, 0.4) is 0 Å². The second-order valence-electron chi connectivity index (χ2n) is 4.24. The molecular formula is C16H13N2O4S-. The number of terminal acetylenes is 1. The number of carboxylic acids is 1. The first-order chi connectivity index (χ1) is 11.1. The predicted octanol–water partition coefficient (Wildman–Crippen LogP) is 1.53. The fourth-order valence-corrected chi connectivity index (χ4v) is 2.32. The number of para-hydroxylation sites is 1. The van der Waals surface area contributed by atoms with Crippen LogP contribution in [0.1, 0.15) is 18.4 Å². The van der Waals surface area contributed by atoms with Gasteiger partial charge in [0.2, 0.25) is 5.89 Å². The highest BCUT2D eigenvalue weighted by Crippen LogP contribution is 2.29. The van der Waals surface area contributed by atoms with E-state index in [0.29, 0.717) is 23.6 Å². The van der Waals surface area contributed by atoms with Crippen molar-refractivity contribution in [2.45, 2.75) is 18.6 Å². The molecule has 0 spiro atoms. The van der Waals surface area contributed by atoms with Gasteiger partial charge in [-0.3, -0.25) is 0 Å². The molecule has 0 saturated heterocycles. The van der Waals surface area contributed by atoms with Crippen LogP contribution in [-0.2, 0) is 11.2 Å². The number of nitrogens with zero attached hydrogens (tertiary/aromatic N) is 2. The Hall–Kier alpha value is -2.72. The minimum Gasteiger partial charge on any atom is -0.544 e. The van der Waals surface area contributed by atoms with Crippen molar-refractivity contribution in [1.82, 2.24) is 10.2 Å². The summed E-state index contributed by atoms with van der Waals surface area (Å²) in [5.41, 5.74) is 0.560. The Morgan fingerprint density at radius 1 is 1.48 bits per heavy atom. The van der Waals surface area contributed by atoms with Gasteiger partial charge >= 0.3 is 0 Å². The number of aryl methyl sites for hydroxylation is 1. The number of hydrogen-bond donors (Lipinski definition) is 0. The molecule has 0 unspecified atom stereocenters. The standard InChI is InChI=1S/C16H14N2O4S/c1-3-9-21-12-8-6-5-7-11(12)10-13(15(19)20)23-16-18-17-14(4-2)22-16/h1,5-8,10H,4,9H2,2H3,(H,19,20)/p-1/b13-10-. The average molecular weight is 329 g/mol. The Morgan fingerprint density at radius 2 is 2.26 bits per heavy atom.